The van der Waals surface area contributed by atoms with Gasteiger partial charge in [-0.05, 0) is 5.56 Å². The molecule has 2 heterocycles. The smallest absolute Gasteiger partial charge is 0.378 e. The van der Waals surface area contributed by atoms with Crippen molar-refractivity contribution in [3.8, 4) is 34.3 Å². The molecule has 0 saturated carbocycles. The molecule has 4 rings (SSSR count). The van der Waals surface area contributed by atoms with Gasteiger partial charge in [0.25, 0.3) is 11.8 Å². The fourth-order valence-electron chi connectivity index (χ4n) is 2.95. The van der Waals surface area contributed by atoms with Crippen LogP contribution in [0, 0.1) is 0 Å². The molecule has 4 aromatic rings. The van der Waals surface area contributed by atoms with Crippen molar-refractivity contribution in [3.63, 3.8) is 0 Å². The number of halogens is 3. The van der Waals surface area contributed by atoms with Gasteiger partial charge in [0.05, 0.1) is 0 Å². The minimum absolute atomic E-state index is 0.0570. The Morgan fingerprint density at radius 2 is 1.66 bits per heavy atom. The third kappa shape index (κ3) is 3.96. The molecule has 9 nitrogen and oxygen atoms in total. The number of aliphatic hydroxyl groups excluding tert-OH is 1. The number of nitrogens with zero attached hydrogens (tertiary/aromatic N) is 3. The second-order valence-corrected chi connectivity index (χ2v) is 6.52. The van der Waals surface area contributed by atoms with Crippen LogP contribution in [0.2, 0.25) is 0 Å². The molecule has 0 radical (unpaired) electrons. The second kappa shape index (κ2) is 8.24. The van der Waals surface area contributed by atoms with E-state index in [1.807, 2.05) is 0 Å². The summed E-state index contributed by atoms with van der Waals surface area (Å²) in [5.41, 5.74) is 0.463. The van der Waals surface area contributed by atoms with Crippen LogP contribution in [-0.4, -0.2) is 31.5 Å². The van der Waals surface area contributed by atoms with Crippen molar-refractivity contribution >= 4 is 5.91 Å². The molecule has 1 amide bonds. The molecule has 32 heavy (non-hydrogen) atoms. The van der Waals surface area contributed by atoms with Crippen LogP contribution in [0.15, 0.2) is 63.6 Å². The third-order valence-electron chi connectivity index (χ3n) is 4.49. The zero-order chi connectivity index (χ0) is 22.9. The van der Waals surface area contributed by atoms with Gasteiger partial charge in [-0.2, -0.15) is 18.2 Å². The number of amides is 1. The maximum atomic E-state index is 13.8. The first kappa shape index (κ1) is 21.2. The Morgan fingerprint density at radius 3 is 2.28 bits per heavy atom. The standard InChI is InChI=1S/C20H13F3N4O5/c21-20(22,23)13-14(10-4-2-1-3-5-10)26-31-16(13)19-24-17(27-32-19)12-8-6-11(7-9-12)15(28)18(29)25-30/h1-9,15,28,30H,(H,25,29). The summed E-state index contributed by atoms with van der Waals surface area (Å²) in [6, 6.07) is 13.3. The summed E-state index contributed by atoms with van der Waals surface area (Å²) in [5, 5.41) is 25.6. The zero-order valence-corrected chi connectivity index (χ0v) is 15.9. The van der Waals surface area contributed by atoms with E-state index in [0.29, 0.717) is 5.56 Å². The highest BCUT2D eigenvalue weighted by Gasteiger charge is 2.42. The highest BCUT2D eigenvalue weighted by atomic mass is 19.4. The lowest BCUT2D eigenvalue weighted by Crippen LogP contribution is -2.25. The molecule has 0 saturated heterocycles. The molecule has 2 aromatic heterocycles. The van der Waals surface area contributed by atoms with Crippen LogP contribution < -0.4 is 5.48 Å². The molecule has 1 unspecified atom stereocenters. The minimum Gasteiger partial charge on any atom is -0.378 e. The average molecular weight is 446 g/mol. The molecule has 0 aliphatic rings. The number of alkyl halides is 3. The normalized spacial score (nSPS) is 12.5. The first-order valence-electron chi connectivity index (χ1n) is 8.98. The number of carbonyl (C=O) groups is 1. The molecule has 0 aliphatic heterocycles. The number of aliphatic hydroxyl groups is 1. The summed E-state index contributed by atoms with van der Waals surface area (Å²) >= 11 is 0. The molecule has 12 heteroatoms. The van der Waals surface area contributed by atoms with Gasteiger partial charge in [0.15, 0.2) is 6.10 Å². The summed E-state index contributed by atoms with van der Waals surface area (Å²) in [6.07, 6.45) is -6.42. The molecule has 164 valence electrons. The van der Waals surface area contributed by atoms with E-state index < -0.39 is 41.1 Å². The summed E-state index contributed by atoms with van der Waals surface area (Å²) in [4.78, 5) is 15.3. The summed E-state index contributed by atoms with van der Waals surface area (Å²) in [6.45, 7) is 0. The van der Waals surface area contributed by atoms with E-state index in [1.54, 1.807) is 18.2 Å². The Labute approximate surface area is 177 Å². The van der Waals surface area contributed by atoms with Crippen molar-refractivity contribution in [3.05, 3.63) is 65.7 Å². The zero-order valence-electron chi connectivity index (χ0n) is 15.9. The van der Waals surface area contributed by atoms with Crippen LogP contribution >= 0.6 is 0 Å². The van der Waals surface area contributed by atoms with Gasteiger partial charge in [0, 0.05) is 11.1 Å². The van der Waals surface area contributed by atoms with E-state index >= 15 is 0 Å². The van der Waals surface area contributed by atoms with Crippen LogP contribution in [0.3, 0.4) is 0 Å². The lowest BCUT2D eigenvalue weighted by Gasteiger charge is -2.08. The van der Waals surface area contributed by atoms with Crippen LogP contribution in [0.4, 0.5) is 13.2 Å². The van der Waals surface area contributed by atoms with E-state index in [-0.39, 0.29) is 17.0 Å². The number of aromatic nitrogens is 3. The summed E-state index contributed by atoms with van der Waals surface area (Å²) < 4.78 is 51.3. The Kier molecular flexibility index (Phi) is 5.47. The monoisotopic (exact) mass is 446 g/mol. The van der Waals surface area contributed by atoms with Crippen molar-refractivity contribution in [2.75, 3.05) is 0 Å². The molecular formula is C20H13F3N4O5. The van der Waals surface area contributed by atoms with Gasteiger partial charge >= 0.3 is 6.18 Å². The first-order chi connectivity index (χ1) is 15.3. The lowest BCUT2D eigenvalue weighted by molar-refractivity contribution is -0.138. The van der Waals surface area contributed by atoms with E-state index in [0.717, 1.165) is 0 Å². The van der Waals surface area contributed by atoms with E-state index in [1.165, 1.54) is 41.9 Å². The summed E-state index contributed by atoms with van der Waals surface area (Å²) in [7, 11) is 0. The van der Waals surface area contributed by atoms with Crippen LogP contribution in [-0.2, 0) is 11.0 Å². The van der Waals surface area contributed by atoms with Gasteiger partial charge in [-0.1, -0.05) is 64.9 Å². The van der Waals surface area contributed by atoms with Gasteiger partial charge in [-0.15, -0.1) is 0 Å². The Bertz CT molecular complexity index is 1240. The van der Waals surface area contributed by atoms with Gasteiger partial charge in [-0.25, -0.2) is 5.48 Å². The van der Waals surface area contributed by atoms with Gasteiger partial charge in [0.2, 0.25) is 11.6 Å². The number of carbonyl (C=O) groups excluding carboxylic acids is 1. The maximum absolute atomic E-state index is 13.8. The number of benzene rings is 2. The lowest BCUT2D eigenvalue weighted by atomic mass is 10.1. The van der Waals surface area contributed by atoms with Gasteiger partial charge in [-0.3, -0.25) is 10.0 Å². The predicted molar refractivity (Wildman–Crippen MR) is 101 cm³/mol. The number of nitrogens with one attached hydrogen (secondary N) is 1. The van der Waals surface area contributed by atoms with Crippen molar-refractivity contribution in [1.29, 1.82) is 0 Å². The third-order valence-corrected chi connectivity index (χ3v) is 4.49. The highest BCUT2D eigenvalue weighted by Crippen LogP contribution is 2.43. The van der Waals surface area contributed by atoms with E-state index in [2.05, 4.69) is 15.3 Å². The quantitative estimate of drug-likeness (QED) is 0.313. The maximum Gasteiger partial charge on any atom is 0.422 e. The molecular weight excluding hydrogens is 433 g/mol. The SMILES string of the molecule is O=C(NO)C(O)c1ccc(-c2noc(-c3onc(-c4ccccc4)c3C(F)(F)F)n2)cc1. The van der Waals surface area contributed by atoms with Crippen molar-refractivity contribution in [1.82, 2.24) is 20.8 Å². The van der Waals surface area contributed by atoms with Crippen LogP contribution in [0.5, 0.6) is 0 Å². The molecule has 1 atom stereocenters. The second-order valence-electron chi connectivity index (χ2n) is 6.52. The number of hydrogen-bond acceptors (Lipinski definition) is 8. The predicted octanol–water partition coefficient (Wildman–Crippen LogP) is 3.62. The van der Waals surface area contributed by atoms with Crippen LogP contribution in [0.25, 0.3) is 34.3 Å². The summed E-state index contributed by atoms with van der Waals surface area (Å²) in [5.74, 6) is -2.33. The minimum atomic E-state index is -4.81. The largest absolute Gasteiger partial charge is 0.422 e. The fraction of sp³-hybridized carbons (Fsp3) is 0.100. The van der Waals surface area contributed by atoms with Gasteiger partial charge in [0.1, 0.15) is 11.3 Å². The molecule has 0 bridgehead atoms. The Balaban J connectivity index is 1.69. The van der Waals surface area contributed by atoms with Crippen molar-refractivity contribution in [2.45, 2.75) is 12.3 Å². The average Bonchev–Trinajstić information content (AvgIpc) is 3.46. The highest BCUT2D eigenvalue weighted by molar-refractivity contribution is 5.81. The molecule has 2 aromatic carbocycles. The van der Waals surface area contributed by atoms with Crippen LogP contribution in [0.1, 0.15) is 17.2 Å². The van der Waals surface area contributed by atoms with Crippen molar-refractivity contribution in [2.24, 2.45) is 0 Å². The number of hydroxylamine groups is 1. The van der Waals surface area contributed by atoms with Gasteiger partial charge < -0.3 is 14.2 Å². The number of hydrogen-bond donors (Lipinski definition) is 3. The first-order valence-corrected chi connectivity index (χ1v) is 8.98. The number of rotatable bonds is 5. The Morgan fingerprint density at radius 1 is 0.969 bits per heavy atom. The molecule has 3 N–H and O–H groups in total. The molecule has 0 aliphatic carbocycles. The molecule has 0 fully saturated rings. The van der Waals surface area contributed by atoms with Crippen molar-refractivity contribution < 1.29 is 37.3 Å². The molecule has 0 spiro atoms. The van der Waals surface area contributed by atoms with E-state index in [4.69, 9.17) is 14.3 Å². The Hall–Kier alpha value is -4.03. The van der Waals surface area contributed by atoms with E-state index in [9.17, 15) is 23.1 Å². The fourth-order valence-corrected chi connectivity index (χ4v) is 2.95. The topological polar surface area (TPSA) is 135 Å².